The summed E-state index contributed by atoms with van der Waals surface area (Å²) in [6.07, 6.45) is 1.71. The molecule has 136 valence electrons. The molecule has 4 rings (SSSR count). The van der Waals surface area contributed by atoms with E-state index in [1.807, 2.05) is 31.3 Å². The molecule has 1 aliphatic heterocycles. The van der Waals surface area contributed by atoms with E-state index in [1.54, 1.807) is 30.5 Å². The lowest BCUT2D eigenvalue weighted by Gasteiger charge is -2.19. The topological polar surface area (TPSA) is 63.7 Å². The summed E-state index contributed by atoms with van der Waals surface area (Å²) in [6, 6.07) is 19.1. The van der Waals surface area contributed by atoms with Crippen LogP contribution < -0.4 is 19.7 Å². The monoisotopic (exact) mass is 361 g/mol. The van der Waals surface area contributed by atoms with Gasteiger partial charge in [0.25, 0.3) is 5.91 Å². The number of benzene rings is 2. The highest BCUT2D eigenvalue weighted by Gasteiger charge is 2.15. The summed E-state index contributed by atoms with van der Waals surface area (Å²) in [4.78, 5) is 18.8. The first-order valence-corrected chi connectivity index (χ1v) is 8.61. The van der Waals surface area contributed by atoms with E-state index in [0.717, 1.165) is 12.2 Å². The van der Waals surface area contributed by atoms with E-state index in [9.17, 15) is 4.79 Å². The molecule has 2 heterocycles. The lowest BCUT2D eigenvalue weighted by atomic mass is 10.2. The van der Waals surface area contributed by atoms with Crippen LogP contribution in [-0.2, 0) is 6.54 Å². The maximum Gasteiger partial charge on any atom is 0.274 e. The number of anilines is 2. The lowest BCUT2D eigenvalue weighted by molar-refractivity contribution is 0.102. The quantitative estimate of drug-likeness (QED) is 0.751. The molecule has 0 saturated carbocycles. The Morgan fingerprint density at radius 3 is 2.67 bits per heavy atom. The molecule has 0 aliphatic carbocycles. The molecular formula is C21H19N3O3. The zero-order valence-corrected chi connectivity index (χ0v) is 14.9. The first-order chi connectivity index (χ1) is 13.2. The minimum Gasteiger partial charge on any atom is -0.454 e. The van der Waals surface area contributed by atoms with Crippen LogP contribution >= 0.6 is 0 Å². The van der Waals surface area contributed by atoms with E-state index < -0.39 is 0 Å². The third kappa shape index (κ3) is 3.84. The number of rotatable bonds is 5. The fraction of sp³-hybridized carbons (Fsp3) is 0.143. The number of hydrogen-bond donors (Lipinski definition) is 1. The van der Waals surface area contributed by atoms with Crippen LogP contribution in [0.4, 0.5) is 11.4 Å². The summed E-state index contributed by atoms with van der Waals surface area (Å²) < 4.78 is 10.6. The minimum absolute atomic E-state index is 0.201. The van der Waals surface area contributed by atoms with Gasteiger partial charge in [0.1, 0.15) is 5.69 Å². The zero-order chi connectivity index (χ0) is 18.6. The van der Waals surface area contributed by atoms with Crippen molar-refractivity contribution in [2.24, 2.45) is 0 Å². The molecular weight excluding hydrogens is 342 g/mol. The lowest BCUT2D eigenvalue weighted by Crippen LogP contribution is -2.18. The number of ether oxygens (including phenoxy) is 2. The normalized spacial score (nSPS) is 11.9. The second kappa shape index (κ2) is 7.37. The summed E-state index contributed by atoms with van der Waals surface area (Å²) >= 11 is 0. The molecule has 6 nitrogen and oxygen atoms in total. The van der Waals surface area contributed by atoms with Crippen molar-refractivity contribution in [1.82, 2.24) is 4.98 Å². The third-order valence-corrected chi connectivity index (χ3v) is 4.31. The van der Waals surface area contributed by atoms with Crippen LogP contribution in [0.25, 0.3) is 0 Å². The molecule has 0 bridgehead atoms. The molecule has 0 radical (unpaired) electrons. The number of pyridine rings is 1. The van der Waals surface area contributed by atoms with Gasteiger partial charge in [-0.25, -0.2) is 4.98 Å². The fourth-order valence-corrected chi connectivity index (χ4v) is 2.86. The molecule has 0 atom stereocenters. The maximum absolute atomic E-state index is 12.4. The van der Waals surface area contributed by atoms with Crippen molar-refractivity contribution in [3.8, 4) is 11.5 Å². The number of hydrogen-bond acceptors (Lipinski definition) is 5. The van der Waals surface area contributed by atoms with Crippen LogP contribution in [0.15, 0.2) is 66.9 Å². The number of carbonyl (C=O) groups excluding carboxylic acids is 1. The van der Waals surface area contributed by atoms with Crippen molar-refractivity contribution in [3.63, 3.8) is 0 Å². The van der Waals surface area contributed by atoms with Gasteiger partial charge in [0.2, 0.25) is 6.79 Å². The Bertz CT molecular complexity index is 943. The van der Waals surface area contributed by atoms with Crippen molar-refractivity contribution < 1.29 is 14.3 Å². The van der Waals surface area contributed by atoms with Crippen LogP contribution in [0.5, 0.6) is 11.5 Å². The average Bonchev–Trinajstić information content (AvgIpc) is 3.16. The third-order valence-electron chi connectivity index (χ3n) is 4.31. The van der Waals surface area contributed by atoms with Crippen molar-refractivity contribution in [2.45, 2.75) is 6.54 Å². The molecule has 0 saturated heterocycles. The smallest absolute Gasteiger partial charge is 0.274 e. The molecule has 3 aromatic rings. The van der Waals surface area contributed by atoms with E-state index in [0.29, 0.717) is 22.9 Å². The van der Waals surface area contributed by atoms with Crippen molar-refractivity contribution in [1.29, 1.82) is 0 Å². The number of amides is 1. The molecule has 27 heavy (non-hydrogen) atoms. The van der Waals surface area contributed by atoms with E-state index in [4.69, 9.17) is 9.47 Å². The number of fused-ring (bicyclic) bond motifs is 1. The molecule has 1 aliphatic rings. The Morgan fingerprint density at radius 2 is 1.89 bits per heavy atom. The minimum atomic E-state index is -0.272. The zero-order valence-electron chi connectivity index (χ0n) is 14.9. The predicted molar refractivity (Wildman–Crippen MR) is 103 cm³/mol. The highest BCUT2D eigenvalue weighted by molar-refractivity contribution is 6.03. The van der Waals surface area contributed by atoms with Gasteiger partial charge >= 0.3 is 0 Å². The molecule has 1 amide bonds. The summed E-state index contributed by atoms with van der Waals surface area (Å²) in [5.41, 5.74) is 3.14. The van der Waals surface area contributed by atoms with Crippen LogP contribution in [0.2, 0.25) is 0 Å². The molecule has 0 unspecified atom stereocenters. The SMILES string of the molecule is CN(Cc1ccccc1)c1ccc(C(=O)Nc2ccc3c(c2)OCO3)nc1. The molecule has 1 aromatic heterocycles. The molecule has 0 fully saturated rings. The Kier molecular flexibility index (Phi) is 4.61. The van der Waals surface area contributed by atoms with E-state index in [2.05, 4.69) is 27.3 Å². The van der Waals surface area contributed by atoms with Crippen LogP contribution in [0, 0.1) is 0 Å². The summed E-state index contributed by atoms with van der Waals surface area (Å²) in [6.45, 7) is 0.970. The maximum atomic E-state index is 12.4. The largest absolute Gasteiger partial charge is 0.454 e. The number of nitrogens with zero attached hydrogens (tertiary/aromatic N) is 2. The van der Waals surface area contributed by atoms with Gasteiger partial charge in [0, 0.05) is 25.3 Å². The van der Waals surface area contributed by atoms with Crippen molar-refractivity contribution in [2.75, 3.05) is 24.1 Å². The number of nitrogens with one attached hydrogen (secondary N) is 1. The van der Waals surface area contributed by atoms with Crippen molar-refractivity contribution in [3.05, 3.63) is 78.1 Å². The number of aromatic nitrogens is 1. The summed E-state index contributed by atoms with van der Waals surface area (Å²) in [7, 11) is 2.00. The highest BCUT2D eigenvalue weighted by Crippen LogP contribution is 2.34. The highest BCUT2D eigenvalue weighted by atomic mass is 16.7. The van der Waals surface area contributed by atoms with Gasteiger partial charge in [-0.1, -0.05) is 30.3 Å². The Morgan fingerprint density at radius 1 is 1.07 bits per heavy atom. The number of carbonyl (C=O) groups is 1. The van der Waals surface area contributed by atoms with Crippen LogP contribution in [0.1, 0.15) is 16.1 Å². The Hall–Kier alpha value is -3.54. The van der Waals surface area contributed by atoms with Gasteiger partial charge in [-0.2, -0.15) is 0 Å². The standard InChI is InChI=1S/C21H19N3O3/c1-24(13-15-5-3-2-4-6-15)17-8-9-18(22-12-17)21(25)23-16-7-10-19-20(11-16)27-14-26-19/h2-12H,13-14H2,1H3,(H,23,25). The van der Waals surface area contributed by atoms with E-state index in [1.165, 1.54) is 5.56 Å². The second-order valence-corrected chi connectivity index (χ2v) is 6.27. The predicted octanol–water partition coefficient (Wildman–Crippen LogP) is 3.70. The molecule has 6 heteroatoms. The fourth-order valence-electron chi connectivity index (χ4n) is 2.86. The Balaban J connectivity index is 1.41. The Labute approximate surface area is 157 Å². The van der Waals surface area contributed by atoms with Gasteiger partial charge in [-0.3, -0.25) is 4.79 Å². The van der Waals surface area contributed by atoms with Gasteiger partial charge in [0.15, 0.2) is 11.5 Å². The summed E-state index contributed by atoms with van der Waals surface area (Å²) in [5.74, 6) is 1.03. The first-order valence-electron chi connectivity index (χ1n) is 8.61. The first kappa shape index (κ1) is 16.9. The molecule has 2 aromatic carbocycles. The van der Waals surface area contributed by atoms with Gasteiger partial charge < -0.3 is 19.7 Å². The molecule has 1 N–H and O–H groups in total. The molecule has 0 spiro atoms. The van der Waals surface area contributed by atoms with Gasteiger partial charge in [-0.05, 0) is 29.8 Å². The van der Waals surface area contributed by atoms with Gasteiger partial charge in [0.05, 0.1) is 11.9 Å². The van der Waals surface area contributed by atoms with Gasteiger partial charge in [-0.15, -0.1) is 0 Å². The van der Waals surface area contributed by atoms with Crippen LogP contribution in [0.3, 0.4) is 0 Å². The van der Waals surface area contributed by atoms with E-state index in [-0.39, 0.29) is 12.7 Å². The second-order valence-electron chi connectivity index (χ2n) is 6.27. The van der Waals surface area contributed by atoms with Crippen molar-refractivity contribution >= 4 is 17.3 Å². The summed E-state index contributed by atoms with van der Waals surface area (Å²) in [5, 5.41) is 2.83. The average molecular weight is 361 g/mol. The van der Waals surface area contributed by atoms with Crippen LogP contribution in [-0.4, -0.2) is 24.7 Å². The van der Waals surface area contributed by atoms with E-state index >= 15 is 0 Å².